The summed E-state index contributed by atoms with van der Waals surface area (Å²) in [6.07, 6.45) is 0. The zero-order valence-electron chi connectivity index (χ0n) is 20.8. The zero-order chi connectivity index (χ0) is 30.3. The van der Waals surface area contributed by atoms with Crippen molar-refractivity contribution in [2.75, 3.05) is 0 Å². The molecule has 0 atom stereocenters. The average Bonchev–Trinajstić information content (AvgIpc) is 3.28. The van der Waals surface area contributed by atoms with Crippen LogP contribution in [0, 0.1) is 91.3 Å². The zero-order valence-corrected chi connectivity index (χ0v) is 20.8. The van der Waals surface area contributed by atoms with E-state index in [-0.39, 0.29) is 55.7 Å². The van der Waals surface area contributed by atoms with Gasteiger partial charge in [0.15, 0.2) is 0 Å². The van der Waals surface area contributed by atoms with Crippen molar-refractivity contribution in [1.82, 2.24) is 0 Å². The summed E-state index contributed by atoms with van der Waals surface area (Å²) in [7, 11) is 0. The number of allylic oxidation sites excluding steroid dienone is 1. The van der Waals surface area contributed by atoms with E-state index >= 15 is 0 Å². The van der Waals surface area contributed by atoms with Crippen LogP contribution in [0.1, 0.15) is 33.4 Å². The molecule has 0 saturated heterocycles. The van der Waals surface area contributed by atoms with Crippen molar-refractivity contribution in [3.63, 3.8) is 0 Å². The predicted octanol–water partition coefficient (Wildman–Crippen LogP) is 6.89. The Balaban J connectivity index is 1.88. The Labute approximate surface area is 235 Å². The number of hydrogen-bond donors (Lipinski definition) is 0. The smallest absolute Gasteiger partial charge is 0.144 e. The van der Waals surface area contributed by atoms with Gasteiger partial charge in [-0.25, -0.2) is 17.6 Å². The van der Waals surface area contributed by atoms with Crippen molar-refractivity contribution in [2.45, 2.75) is 0 Å². The van der Waals surface area contributed by atoms with Crippen LogP contribution in [0.3, 0.4) is 0 Å². The van der Waals surface area contributed by atoms with E-state index in [0.29, 0.717) is 11.1 Å². The van der Waals surface area contributed by atoms with E-state index in [0.717, 1.165) is 24.3 Å². The Morgan fingerprint density at radius 1 is 0.429 bits per heavy atom. The first-order chi connectivity index (χ1) is 20.2. The highest BCUT2D eigenvalue weighted by molar-refractivity contribution is 6.07. The SMILES string of the molecule is N#CC(C#N)=C1c2cc(C#N)c(-c3cc(F)c(C#N)c(F)c3)cc2-c2cc(-c3cc(F)c(C#N)c(F)c3)c(C#N)cc21. The van der Waals surface area contributed by atoms with Crippen molar-refractivity contribution >= 4 is 5.57 Å². The number of rotatable bonds is 2. The lowest BCUT2D eigenvalue weighted by Gasteiger charge is -2.12. The second-order valence-electron chi connectivity index (χ2n) is 8.94. The molecular weight excluding hydrogens is 544 g/mol. The van der Waals surface area contributed by atoms with Gasteiger partial charge in [-0.05, 0) is 81.9 Å². The summed E-state index contributed by atoms with van der Waals surface area (Å²) in [5.41, 5.74) is -1.01. The number of nitriles is 6. The fraction of sp³-hybridized carbons (Fsp3) is 0. The molecule has 6 nitrogen and oxygen atoms in total. The highest BCUT2D eigenvalue weighted by Gasteiger charge is 2.31. The van der Waals surface area contributed by atoms with Gasteiger partial charge in [0.1, 0.15) is 64.2 Å². The van der Waals surface area contributed by atoms with Crippen molar-refractivity contribution in [1.29, 1.82) is 31.6 Å². The monoisotopic (exact) mass is 552 g/mol. The van der Waals surface area contributed by atoms with E-state index in [2.05, 4.69) is 0 Å². The van der Waals surface area contributed by atoms with Crippen LogP contribution in [0.25, 0.3) is 39.0 Å². The van der Waals surface area contributed by atoms with E-state index in [1.54, 1.807) is 12.1 Å². The number of halogens is 4. The standard InChI is InChI=1S/C32H8F4N6/c33-28-3-15(4-29(34)26(28)13-41)20-7-22-23-8-21(16-5-30(35)27(14-42)31(36)6-16)18(10-38)2-25(23)32(19(11-39)12-40)24(22)1-17(20)9-37/h1-8H. The molecule has 0 radical (unpaired) electrons. The summed E-state index contributed by atoms with van der Waals surface area (Å²) >= 11 is 0. The lowest BCUT2D eigenvalue weighted by atomic mass is 9.91. The number of hydrogen-bond acceptors (Lipinski definition) is 6. The quantitative estimate of drug-likeness (QED) is 0.172. The predicted molar refractivity (Wildman–Crippen MR) is 139 cm³/mol. The summed E-state index contributed by atoms with van der Waals surface area (Å²) in [5.74, 6) is -4.61. The van der Waals surface area contributed by atoms with Crippen LogP contribution in [0.15, 0.2) is 54.1 Å². The third-order valence-corrected chi connectivity index (χ3v) is 6.79. The van der Waals surface area contributed by atoms with Crippen molar-refractivity contribution < 1.29 is 17.6 Å². The molecule has 1 aliphatic rings. The summed E-state index contributed by atoms with van der Waals surface area (Å²) in [6, 6.07) is 19.3. The molecule has 5 rings (SSSR count). The second-order valence-corrected chi connectivity index (χ2v) is 8.94. The van der Waals surface area contributed by atoms with Gasteiger partial charge in [0.25, 0.3) is 0 Å². The number of benzene rings is 4. The van der Waals surface area contributed by atoms with Gasteiger partial charge in [-0.1, -0.05) is 0 Å². The van der Waals surface area contributed by atoms with Crippen LogP contribution in [-0.4, -0.2) is 0 Å². The maximum atomic E-state index is 14.5. The molecule has 0 heterocycles. The van der Waals surface area contributed by atoms with Crippen molar-refractivity contribution in [3.8, 4) is 69.8 Å². The molecule has 0 amide bonds. The minimum absolute atomic E-state index is 0.0579. The average molecular weight is 552 g/mol. The van der Waals surface area contributed by atoms with Gasteiger partial charge in [0.2, 0.25) is 0 Å². The summed E-state index contributed by atoms with van der Waals surface area (Å²) in [5, 5.41) is 57.3. The van der Waals surface area contributed by atoms with Gasteiger partial charge < -0.3 is 0 Å². The van der Waals surface area contributed by atoms with E-state index in [9.17, 15) is 38.6 Å². The molecule has 1 aliphatic carbocycles. The van der Waals surface area contributed by atoms with Gasteiger partial charge in [0.05, 0.1) is 23.3 Å². The van der Waals surface area contributed by atoms with Gasteiger partial charge in [-0.15, -0.1) is 0 Å². The maximum absolute atomic E-state index is 14.5. The third-order valence-electron chi connectivity index (χ3n) is 6.79. The molecule has 4 aromatic carbocycles. The molecule has 0 aliphatic heterocycles. The Morgan fingerprint density at radius 2 is 0.786 bits per heavy atom. The Hall–Kier alpha value is -6.72. The molecule has 0 aromatic heterocycles. The van der Waals surface area contributed by atoms with Gasteiger partial charge in [-0.2, -0.15) is 31.6 Å². The highest BCUT2D eigenvalue weighted by Crippen LogP contribution is 2.50. The lowest BCUT2D eigenvalue weighted by molar-refractivity contribution is 0.577. The minimum atomic E-state index is -1.15. The van der Waals surface area contributed by atoms with Crippen LogP contribution in [0.5, 0.6) is 0 Å². The van der Waals surface area contributed by atoms with Gasteiger partial charge in [-0.3, -0.25) is 0 Å². The summed E-state index contributed by atoms with van der Waals surface area (Å²) in [4.78, 5) is 0. The summed E-state index contributed by atoms with van der Waals surface area (Å²) < 4.78 is 58.0. The molecule has 0 bridgehead atoms. The topological polar surface area (TPSA) is 143 Å². The van der Waals surface area contributed by atoms with Crippen LogP contribution in [0.4, 0.5) is 17.6 Å². The van der Waals surface area contributed by atoms with E-state index in [4.69, 9.17) is 10.5 Å². The first kappa shape index (κ1) is 26.9. The van der Waals surface area contributed by atoms with Crippen LogP contribution in [0.2, 0.25) is 0 Å². The second kappa shape index (κ2) is 10.1. The first-order valence-corrected chi connectivity index (χ1v) is 11.7. The van der Waals surface area contributed by atoms with Crippen molar-refractivity contribution in [3.05, 3.63) is 111 Å². The molecular formula is C32H8F4N6. The molecule has 0 fully saturated rings. The molecule has 0 spiro atoms. The van der Waals surface area contributed by atoms with E-state index in [1.807, 2.05) is 12.1 Å². The largest absolute Gasteiger partial charge is 0.205 e. The summed E-state index contributed by atoms with van der Waals surface area (Å²) in [6.45, 7) is 0. The normalized spacial score (nSPS) is 10.7. The molecule has 10 heteroatoms. The molecule has 4 aromatic rings. The maximum Gasteiger partial charge on any atom is 0.144 e. The minimum Gasteiger partial charge on any atom is -0.205 e. The van der Waals surface area contributed by atoms with Gasteiger partial charge in [0, 0.05) is 16.7 Å². The molecule has 0 unspecified atom stereocenters. The van der Waals surface area contributed by atoms with Crippen LogP contribution >= 0.6 is 0 Å². The van der Waals surface area contributed by atoms with E-state index in [1.165, 1.54) is 36.4 Å². The lowest BCUT2D eigenvalue weighted by Crippen LogP contribution is -1.95. The van der Waals surface area contributed by atoms with Crippen molar-refractivity contribution in [2.24, 2.45) is 0 Å². The Bertz CT molecular complexity index is 2010. The molecule has 194 valence electrons. The number of nitrogens with zero attached hydrogens (tertiary/aromatic N) is 6. The number of fused-ring (bicyclic) bond motifs is 3. The molecule has 0 N–H and O–H groups in total. The Morgan fingerprint density at radius 3 is 1.07 bits per heavy atom. The molecule has 42 heavy (non-hydrogen) atoms. The third kappa shape index (κ3) is 3.99. The van der Waals surface area contributed by atoms with E-state index < -0.39 is 34.4 Å². The van der Waals surface area contributed by atoms with Gasteiger partial charge >= 0.3 is 0 Å². The molecule has 0 saturated carbocycles. The fourth-order valence-corrected chi connectivity index (χ4v) is 4.94. The highest BCUT2D eigenvalue weighted by atomic mass is 19.1. The first-order valence-electron chi connectivity index (χ1n) is 11.7. The fourth-order valence-electron chi connectivity index (χ4n) is 4.94. The van der Waals surface area contributed by atoms with Crippen LogP contribution < -0.4 is 0 Å². The Kier molecular flexibility index (Phi) is 6.47. The van der Waals surface area contributed by atoms with Crippen LogP contribution in [-0.2, 0) is 0 Å².